The van der Waals surface area contributed by atoms with Crippen molar-refractivity contribution in [3.63, 3.8) is 0 Å². The largest absolute Gasteiger partial charge is 0.370 e. The molecule has 2 aromatic rings. The molecule has 116 valence electrons. The molecule has 0 amide bonds. The molecule has 0 bridgehead atoms. The van der Waals surface area contributed by atoms with E-state index in [4.69, 9.17) is 11.5 Å². The van der Waals surface area contributed by atoms with Crippen LogP contribution in [0.5, 0.6) is 0 Å². The molecule has 1 aliphatic rings. The van der Waals surface area contributed by atoms with Crippen molar-refractivity contribution >= 4 is 41.5 Å². The molecule has 4 N–H and O–H groups in total. The first kappa shape index (κ1) is 16.5. The number of benzene rings is 2. The third kappa shape index (κ3) is 3.48. The van der Waals surface area contributed by atoms with Gasteiger partial charge in [-0.05, 0) is 30.7 Å². The Kier molecular flexibility index (Phi) is 5.57. The maximum Gasteiger partial charge on any atom is 0.185 e. The lowest BCUT2D eigenvalue weighted by atomic mass is 10.2. The fourth-order valence-electron chi connectivity index (χ4n) is 2.46. The zero-order valence-corrected chi connectivity index (χ0v) is 13.7. The van der Waals surface area contributed by atoms with E-state index in [0.29, 0.717) is 6.54 Å². The molecule has 0 radical (unpaired) electrons. The zero-order chi connectivity index (χ0) is 14.7. The van der Waals surface area contributed by atoms with Crippen LogP contribution in [-0.4, -0.2) is 19.0 Å². The summed E-state index contributed by atoms with van der Waals surface area (Å²) in [5.74, 6) is 0.157. The molecule has 0 atom stereocenters. The highest BCUT2D eigenvalue weighted by Gasteiger charge is 2.21. The zero-order valence-electron chi connectivity index (χ0n) is 12.1. The Bertz CT molecular complexity index is 625. The lowest BCUT2D eigenvalue weighted by Gasteiger charge is -2.32. The minimum Gasteiger partial charge on any atom is -0.370 e. The van der Waals surface area contributed by atoms with E-state index in [9.17, 15) is 0 Å². The van der Waals surface area contributed by atoms with Crippen molar-refractivity contribution in [1.82, 2.24) is 0 Å². The number of hydrogen-bond donors (Lipinski definition) is 2. The third-order valence-electron chi connectivity index (χ3n) is 3.37. The van der Waals surface area contributed by atoms with Crippen molar-refractivity contribution in [2.24, 2.45) is 16.5 Å². The standard InChI is InChI=1S/C16H18N4S.ClH/c17-16(18)19-10-5-11-20-12-6-1-3-8-14(12)21-15-9-4-2-7-13(15)20;/h1-4,6-9H,5,10-11H2,(H4,17,18,19);1H. The molecule has 1 heterocycles. The van der Waals surface area contributed by atoms with Gasteiger partial charge in [0.2, 0.25) is 0 Å². The normalized spacial score (nSPS) is 11.9. The van der Waals surface area contributed by atoms with Crippen LogP contribution < -0.4 is 16.4 Å². The van der Waals surface area contributed by atoms with Crippen molar-refractivity contribution in [3.8, 4) is 0 Å². The smallest absolute Gasteiger partial charge is 0.185 e. The average Bonchev–Trinajstić information content (AvgIpc) is 2.50. The number of rotatable bonds is 4. The van der Waals surface area contributed by atoms with Crippen LogP contribution in [0.2, 0.25) is 0 Å². The Labute approximate surface area is 141 Å². The second-order valence-electron chi connectivity index (χ2n) is 4.85. The monoisotopic (exact) mass is 334 g/mol. The topological polar surface area (TPSA) is 67.6 Å². The van der Waals surface area contributed by atoms with Gasteiger partial charge in [-0.1, -0.05) is 36.0 Å². The van der Waals surface area contributed by atoms with Crippen LogP contribution in [0.3, 0.4) is 0 Å². The Morgan fingerprint density at radius 1 is 0.955 bits per heavy atom. The lowest BCUT2D eigenvalue weighted by Crippen LogP contribution is -2.25. The van der Waals surface area contributed by atoms with Gasteiger partial charge in [0, 0.05) is 22.9 Å². The van der Waals surface area contributed by atoms with Gasteiger partial charge < -0.3 is 16.4 Å². The fraction of sp³-hybridized carbons (Fsp3) is 0.188. The Morgan fingerprint density at radius 3 is 2.05 bits per heavy atom. The van der Waals surface area contributed by atoms with E-state index in [2.05, 4.69) is 58.4 Å². The number of nitrogens with zero attached hydrogens (tertiary/aromatic N) is 2. The predicted molar refractivity (Wildman–Crippen MR) is 96.6 cm³/mol. The minimum atomic E-state index is 0. The van der Waals surface area contributed by atoms with Crippen molar-refractivity contribution in [2.45, 2.75) is 16.2 Å². The van der Waals surface area contributed by atoms with Crippen LogP contribution in [0.1, 0.15) is 6.42 Å². The van der Waals surface area contributed by atoms with Gasteiger partial charge in [-0.15, -0.1) is 12.4 Å². The molecule has 3 rings (SSSR count). The quantitative estimate of drug-likeness (QED) is 0.511. The molecule has 1 aliphatic heterocycles. The van der Waals surface area contributed by atoms with E-state index in [1.807, 2.05) is 11.8 Å². The van der Waals surface area contributed by atoms with Gasteiger partial charge in [-0.2, -0.15) is 0 Å². The number of anilines is 2. The van der Waals surface area contributed by atoms with E-state index < -0.39 is 0 Å². The Hall–Kier alpha value is -1.85. The van der Waals surface area contributed by atoms with Crippen molar-refractivity contribution in [3.05, 3.63) is 48.5 Å². The number of fused-ring (bicyclic) bond motifs is 2. The van der Waals surface area contributed by atoms with Gasteiger partial charge in [-0.3, -0.25) is 4.99 Å². The first-order valence-corrected chi connectivity index (χ1v) is 7.76. The van der Waals surface area contributed by atoms with Gasteiger partial charge in [0.05, 0.1) is 11.4 Å². The highest BCUT2D eigenvalue weighted by Crippen LogP contribution is 2.47. The summed E-state index contributed by atoms with van der Waals surface area (Å²) in [7, 11) is 0. The molecule has 22 heavy (non-hydrogen) atoms. The minimum absolute atomic E-state index is 0. The second-order valence-corrected chi connectivity index (χ2v) is 5.93. The van der Waals surface area contributed by atoms with E-state index in [1.165, 1.54) is 21.2 Å². The lowest BCUT2D eigenvalue weighted by molar-refractivity contribution is 0.806. The molecule has 0 saturated carbocycles. The molecule has 0 aromatic heterocycles. The molecule has 0 fully saturated rings. The number of para-hydroxylation sites is 2. The van der Waals surface area contributed by atoms with Crippen molar-refractivity contribution in [1.29, 1.82) is 0 Å². The Balaban J connectivity index is 0.00000176. The summed E-state index contributed by atoms with van der Waals surface area (Å²) >= 11 is 1.82. The van der Waals surface area contributed by atoms with Crippen LogP contribution in [0.4, 0.5) is 11.4 Å². The second kappa shape index (κ2) is 7.42. The highest BCUT2D eigenvalue weighted by atomic mass is 35.5. The molecule has 0 unspecified atom stereocenters. The molecule has 0 saturated heterocycles. The van der Waals surface area contributed by atoms with Crippen LogP contribution in [-0.2, 0) is 0 Å². The van der Waals surface area contributed by atoms with Crippen LogP contribution >= 0.6 is 24.2 Å². The SMILES string of the molecule is Cl.NC(N)=NCCCN1c2ccccc2Sc2ccccc21. The first-order valence-electron chi connectivity index (χ1n) is 6.94. The number of guanidine groups is 1. The third-order valence-corrected chi connectivity index (χ3v) is 4.50. The van der Waals surface area contributed by atoms with Gasteiger partial charge >= 0.3 is 0 Å². The Morgan fingerprint density at radius 2 is 1.50 bits per heavy atom. The van der Waals surface area contributed by atoms with E-state index in [1.54, 1.807) is 0 Å². The van der Waals surface area contributed by atoms with Gasteiger partial charge in [-0.25, -0.2) is 0 Å². The first-order chi connectivity index (χ1) is 10.3. The van der Waals surface area contributed by atoms with Crippen LogP contribution in [0, 0.1) is 0 Å². The summed E-state index contributed by atoms with van der Waals surface area (Å²) in [5, 5.41) is 0. The van der Waals surface area contributed by atoms with E-state index in [-0.39, 0.29) is 18.4 Å². The van der Waals surface area contributed by atoms with E-state index >= 15 is 0 Å². The van der Waals surface area contributed by atoms with Crippen LogP contribution in [0.25, 0.3) is 0 Å². The molecular formula is C16H19ClN4S. The van der Waals surface area contributed by atoms with Crippen molar-refractivity contribution in [2.75, 3.05) is 18.0 Å². The number of halogens is 1. The summed E-state index contributed by atoms with van der Waals surface area (Å²) in [6.45, 7) is 1.54. The molecule has 6 heteroatoms. The van der Waals surface area contributed by atoms with E-state index in [0.717, 1.165) is 13.0 Å². The van der Waals surface area contributed by atoms with Gasteiger partial charge in [0.1, 0.15) is 0 Å². The number of nitrogens with two attached hydrogens (primary N) is 2. The van der Waals surface area contributed by atoms with Gasteiger partial charge in [0.25, 0.3) is 0 Å². The summed E-state index contributed by atoms with van der Waals surface area (Å²) in [4.78, 5) is 8.99. The maximum atomic E-state index is 5.38. The molecule has 4 nitrogen and oxygen atoms in total. The van der Waals surface area contributed by atoms with Crippen LogP contribution in [0.15, 0.2) is 63.3 Å². The summed E-state index contributed by atoms with van der Waals surface area (Å²) in [6, 6.07) is 17.0. The molecule has 2 aromatic carbocycles. The fourth-order valence-corrected chi connectivity index (χ4v) is 3.55. The summed E-state index contributed by atoms with van der Waals surface area (Å²) < 4.78 is 0. The van der Waals surface area contributed by atoms with Crippen molar-refractivity contribution < 1.29 is 0 Å². The molecule has 0 aliphatic carbocycles. The average molecular weight is 335 g/mol. The molecule has 0 spiro atoms. The van der Waals surface area contributed by atoms with Gasteiger partial charge in [0.15, 0.2) is 5.96 Å². The highest BCUT2D eigenvalue weighted by molar-refractivity contribution is 7.99. The summed E-state index contributed by atoms with van der Waals surface area (Å²) in [5.41, 5.74) is 13.3. The summed E-state index contributed by atoms with van der Waals surface area (Å²) in [6.07, 6.45) is 0.908. The molecular weight excluding hydrogens is 316 g/mol. The number of hydrogen-bond acceptors (Lipinski definition) is 3. The predicted octanol–water partition coefficient (Wildman–Crippen LogP) is 3.37. The maximum absolute atomic E-state index is 5.38. The number of aliphatic imine (C=N–C) groups is 1.